The summed E-state index contributed by atoms with van der Waals surface area (Å²) in [5.74, 6) is -0.342. The standard InChI is InChI=1S/C12H16N2O2S/c1-12(2)6-9(15)8(10(16)14-12)5-7-3-4-13-11(7)17/h5,7H,3-4,6H2,1-2H3,(H,13,17)(H,14,16). The van der Waals surface area contributed by atoms with Crippen LogP contribution in [0.4, 0.5) is 0 Å². The zero-order valence-electron chi connectivity index (χ0n) is 10.0. The second-order valence-corrected chi connectivity index (χ2v) is 5.64. The molecule has 1 amide bonds. The Labute approximate surface area is 106 Å². The SMILES string of the molecule is CC1(C)CC(=O)C(=CC2CCNC2=S)C(=O)N1. The number of carbonyl (C=O) groups excluding carboxylic acids is 2. The second kappa shape index (κ2) is 4.22. The van der Waals surface area contributed by atoms with E-state index in [1.54, 1.807) is 6.08 Å². The van der Waals surface area contributed by atoms with Gasteiger partial charge in [0.05, 0.1) is 10.6 Å². The largest absolute Gasteiger partial charge is 0.379 e. The topological polar surface area (TPSA) is 58.2 Å². The summed E-state index contributed by atoms with van der Waals surface area (Å²) in [5, 5.41) is 5.88. The normalized spacial score (nSPS) is 30.4. The minimum atomic E-state index is -0.445. The molecule has 0 spiro atoms. The first-order valence-electron chi connectivity index (χ1n) is 5.74. The summed E-state index contributed by atoms with van der Waals surface area (Å²) in [6, 6.07) is 0. The van der Waals surface area contributed by atoms with Crippen LogP contribution in [0.1, 0.15) is 26.7 Å². The van der Waals surface area contributed by atoms with E-state index in [4.69, 9.17) is 12.2 Å². The van der Waals surface area contributed by atoms with Crippen LogP contribution in [0.5, 0.6) is 0 Å². The fraction of sp³-hybridized carbons (Fsp3) is 0.583. The molecule has 0 saturated carbocycles. The van der Waals surface area contributed by atoms with Crippen LogP contribution in [0.2, 0.25) is 0 Å². The quantitative estimate of drug-likeness (QED) is 0.410. The molecule has 92 valence electrons. The average molecular weight is 252 g/mol. The van der Waals surface area contributed by atoms with Gasteiger partial charge in [-0.1, -0.05) is 18.3 Å². The van der Waals surface area contributed by atoms with Crippen molar-refractivity contribution in [3.63, 3.8) is 0 Å². The highest BCUT2D eigenvalue weighted by Crippen LogP contribution is 2.22. The van der Waals surface area contributed by atoms with E-state index < -0.39 is 5.54 Å². The molecule has 2 rings (SSSR count). The Morgan fingerprint density at radius 2 is 2.12 bits per heavy atom. The number of nitrogens with one attached hydrogen (secondary N) is 2. The first-order valence-corrected chi connectivity index (χ1v) is 6.15. The van der Waals surface area contributed by atoms with Gasteiger partial charge in [0.2, 0.25) is 0 Å². The summed E-state index contributed by atoms with van der Waals surface area (Å²) in [4.78, 5) is 24.5. The lowest BCUT2D eigenvalue weighted by atomic mass is 9.87. The van der Waals surface area contributed by atoms with Crippen molar-refractivity contribution in [3.05, 3.63) is 11.6 Å². The Hall–Kier alpha value is -1.23. The molecule has 4 nitrogen and oxygen atoms in total. The number of hydrogen-bond donors (Lipinski definition) is 2. The van der Waals surface area contributed by atoms with Gasteiger partial charge in [-0.05, 0) is 20.3 Å². The van der Waals surface area contributed by atoms with E-state index in [9.17, 15) is 9.59 Å². The van der Waals surface area contributed by atoms with E-state index in [-0.39, 0.29) is 23.2 Å². The van der Waals surface area contributed by atoms with Crippen LogP contribution in [0, 0.1) is 5.92 Å². The maximum Gasteiger partial charge on any atom is 0.255 e. The Bertz CT molecular complexity index is 404. The number of Topliss-reactive ketones (excluding diaryl/α,β-unsaturated/α-hetero) is 1. The Balaban J connectivity index is 2.21. The number of piperidine rings is 1. The Morgan fingerprint density at radius 3 is 2.65 bits per heavy atom. The van der Waals surface area contributed by atoms with Gasteiger partial charge in [-0.25, -0.2) is 0 Å². The van der Waals surface area contributed by atoms with E-state index in [1.165, 1.54) is 0 Å². The van der Waals surface area contributed by atoms with E-state index in [0.29, 0.717) is 6.42 Å². The van der Waals surface area contributed by atoms with Crippen LogP contribution in [0.15, 0.2) is 11.6 Å². The lowest BCUT2D eigenvalue weighted by Gasteiger charge is -2.31. The van der Waals surface area contributed by atoms with E-state index in [2.05, 4.69) is 10.6 Å². The molecule has 2 saturated heterocycles. The first-order chi connectivity index (χ1) is 7.89. The van der Waals surface area contributed by atoms with Crippen molar-refractivity contribution in [1.82, 2.24) is 10.6 Å². The number of ketones is 1. The van der Waals surface area contributed by atoms with Crippen molar-refractivity contribution in [2.45, 2.75) is 32.2 Å². The summed E-state index contributed by atoms with van der Waals surface area (Å²) in [6.45, 7) is 4.51. The maximum atomic E-state index is 11.9. The zero-order valence-corrected chi connectivity index (χ0v) is 10.8. The smallest absolute Gasteiger partial charge is 0.255 e. The fourth-order valence-electron chi connectivity index (χ4n) is 2.18. The molecule has 0 aromatic carbocycles. The molecule has 2 aliphatic heterocycles. The lowest BCUT2D eigenvalue weighted by molar-refractivity contribution is -0.127. The predicted molar refractivity (Wildman–Crippen MR) is 68.6 cm³/mol. The van der Waals surface area contributed by atoms with Crippen molar-refractivity contribution in [2.75, 3.05) is 6.54 Å². The first kappa shape index (κ1) is 12.2. The number of hydrogen-bond acceptors (Lipinski definition) is 3. The molecular formula is C12H16N2O2S. The fourth-order valence-corrected chi connectivity index (χ4v) is 2.47. The van der Waals surface area contributed by atoms with Crippen LogP contribution < -0.4 is 10.6 Å². The van der Waals surface area contributed by atoms with Crippen molar-refractivity contribution >= 4 is 28.9 Å². The van der Waals surface area contributed by atoms with Crippen molar-refractivity contribution in [1.29, 1.82) is 0 Å². The van der Waals surface area contributed by atoms with Crippen molar-refractivity contribution in [2.24, 2.45) is 5.92 Å². The van der Waals surface area contributed by atoms with E-state index in [0.717, 1.165) is 18.0 Å². The molecular weight excluding hydrogens is 236 g/mol. The maximum absolute atomic E-state index is 11.9. The van der Waals surface area contributed by atoms with Crippen LogP contribution in [0.25, 0.3) is 0 Å². The van der Waals surface area contributed by atoms with Crippen LogP contribution >= 0.6 is 12.2 Å². The molecule has 1 atom stereocenters. The third-order valence-electron chi connectivity index (χ3n) is 3.06. The highest BCUT2D eigenvalue weighted by atomic mass is 32.1. The molecule has 2 fully saturated rings. The molecule has 0 aromatic rings. The van der Waals surface area contributed by atoms with Crippen LogP contribution in [0.3, 0.4) is 0 Å². The summed E-state index contributed by atoms with van der Waals surface area (Å²) in [6.07, 6.45) is 2.92. The molecule has 2 aliphatic rings. The Morgan fingerprint density at radius 1 is 1.41 bits per heavy atom. The molecule has 0 aliphatic carbocycles. The van der Waals surface area contributed by atoms with Crippen molar-refractivity contribution in [3.8, 4) is 0 Å². The van der Waals surface area contributed by atoms with Gasteiger partial charge in [-0.3, -0.25) is 9.59 Å². The van der Waals surface area contributed by atoms with Gasteiger partial charge in [0.15, 0.2) is 5.78 Å². The van der Waals surface area contributed by atoms with Gasteiger partial charge in [0.1, 0.15) is 0 Å². The highest BCUT2D eigenvalue weighted by Gasteiger charge is 2.35. The molecule has 0 bridgehead atoms. The predicted octanol–water partition coefficient (Wildman–Crippen LogP) is 0.717. The molecule has 17 heavy (non-hydrogen) atoms. The van der Waals surface area contributed by atoms with Crippen LogP contribution in [-0.2, 0) is 9.59 Å². The lowest BCUT2D eigenvalue weighted by Crippen LogP contribution is -2.51. The molecule has 2 heterocycles. The minimum absolute atomic E-state index is 0.0240. The second-order valence-electron chi connectivity index (χ2n) is 5.20. The number of thiocarbonyl (C=S) groups is 1. The molecule has 2 N–H and O–H groups in total. The zero-order chi connectivity index (χ0) is 12.6. The van der Waals surface area contributed by atoms with Gasteiger partial charge < -0.3 is 10.6 Å². The number of amides is 1. The third-order valence-corrected chi connectivity index (χ3v) is 3.51. The monoisotopic (exact) mass is 252 g/mol. The molecule has 0 aromatic heterocycles. The van der Waals surface area contributed by atoms with Crippen LogP contribution in [-0.4, -0.2) is 28.8 Å². The summed E-state index contributed by atoms with van der Waals surface area (Å²) in [7, 11) is 0. The molecule has 0 radical (unpaired) electrons. The number of rotatable bonds is 1. The molecule has 5 heteroatoms. The summed E-state index contributed by atoms with van der Waals surface area (Å²) in [5.41, 5.74) is -0.180. The van der Waals surface area contributed by atoms with Gasteiger partial charge >= 0.3 is 0 Å². The third kappa shape index (κ3) is 2.54. The van der Waals surface area contributed by atoms with E-state index in [1.807, 2.05) is 13.8 Å². The molecule has 1 unspecified atom stereocenters. The summed E-state index contributed by atoms with van der Waals surface area (Å²) >= 11 is 5.13. The van der Waals surface area contributed by atoms with Gasteiger partial charge in [0.25, 0.3) is 5.91 Å². The van der Waals surface area contributed by atoms with Gasteiger partial charge in [0, 0.05) is 24.4 Å². The Kier molecular flexibility index (Phi) is 3.03. The average Bonchev–Trinajstić information content (AvgIpc) is 2.56. The van der Waals surface area contributed by atoms with Gasteiger partial charge in [-0.15, -0.1) is 0 Å². The van der Waals surface area contributed by atoms with E-state index >= 15 is 0 Å². The minimum Gasteiger partial charge on any atom is -0.379 e. The number of carbonyl (C=O) groups is 2. The van der Waals surface area contributed by atoms with Crippen molar-refractivity contribution < 1.29 is 9.59 Å². The van der Waals surface area contributed by atoms with Gasteiger partial charge in [-0.2, -0.15) is 0 Å². The highest BCUT2D eigenvalue weighted by molar-refractivity contribution is 7.80. The summed E-state index contributed by atoms with van der Waals surface area (Å²) < 4.78 is 0.